The van der Waals surface area contributed by atoms with Crippen molar-refractivity contribution in [2.75, 3.05) is 11.9 Å². The van der Waals surface area contributed by atoms with Crippen LogP contribution in [0.4, 0.5) is 5.13 Å². The number of rotatable bonds is 5. The lowest BCUT2D eigenvalue weighted by Gasteiger charge is -2.12. The van der Waals surface area contributed by atoms with Gasteiger partial charge in [-0.1, -0.05) is 39.7 Å². The molecule has 0 fully saturated rings. The summed E-state index contributed by atoms with van der Waals surface area (Å²) in [6, 6.07) is 11.4. The number of nitrogens with zero attached hydrogens (tertiary/aromatic N) is 1. The molecule has 0 saturated heterocycles. The number of anilines is 1. The third-order valence-electron chi connectivity index (χ3n) is 3.93. The van der Waals surface area contributed by atoms with Crippen molar-refractivity contribution in [2.24, 2.45) is 0 Å². The molecule has 0 saturated carbocycles. The highest BCUT2D eigenvalue weighted by Crippen LogP contribution is 2.31. The molecule has 27 heavy (non-hydrogen) atoms. The Morgan fingerprint density at radius 1 is 1.19 bits per heavy atom. The van der Waals surface area contributed by atoms with Crippen LogP contribution in [0.2, 0.25) is 5.02 Å². The zero-order valence-electron chi connectivity index (χ0n) is 15.1. The van der Waals surface area contributed by atoms with Crippen molar-refractivity contribution >= 4 is 49.9 Å². The van der Waals surface area contributed by atoms with Crippen LogP contribution >= 0.6 is 38.9 Å². The van der Waals surface area contributed by atoms with Crippen LogP contribution in [-0.4, -0.2) is 17.5 Å². The Bertz CT molecular complexity index is 963. The van der Waals surface area contributed by atoms with Gasteiger partial charge in [-0.05, 0) is 56.2 Å². The molecule has 2 aromatic carbocycles. The molecule has 0 aliphatic heterocycles. The van der Waals surface area contributed by atoms with E-state index in [0.717, 1.165) is 37.5 Å². The third kappa shape index (κ3) is 4.89. The number of amides is 1. The number of carbonyl (C=O) groups is 1. The highest BCUT2D eigenvalue weighted by Gasteiger charge is 2.13. The van der Waals surface area contributed by atoms with Gasteiger partial charge in [-0.3, -0.25) is 10.1 Å². The van der Waals surface area contributed by atoms with Crippen molar-refractivity contribution in [2.45, 2.75) is 20.8 Å². The molecule has 0 atom stereocenters. The normalized spacial score (nSPS) is 10.7. The molecular weight excluding hydrogens is 448 g/mol. The number of hydrogen-bond donors (Lipinski definition) is 1. The molecule has 1 N–H and O–H groups in total. The lowest BCUT2D eigenvalue weighted by atomic mass is 10.1. The summed E-state index contributed by atoms with van der Waals surface area (Å²) < 4.78 is 6.71. The zero-order valence-corrected chi connectivity index (χ0v) is 18.3. The Kier molecular flexibility index (Phi) is 6.19. The fraction of sp³-hybridized carbons (Fsp3) is 0.200. The third-order valence-corrected chi connectivity index (χ3v) is 5.53. The van der Waals surface area contributed by atoms with Crippen molar-refractivity contribution in [3.05, 3.63) is 61.9 Å². The molecule has 3 rings (SSSR count). The van der Waals surface area contributed by atoms with E-state index in [1.54, 1.807) is 0 Å². The molecule has 0 unspecified atom stereocenters. The fourth-order valence-electron chi connectivity index (χ4n) is 2.74. The van der Waals surface area contributed by atoms with Gasteiger partial charge in [-0.25, -0.2) is 4.98 Å². The van der Waals surface area contributed by atoms with Gasteiger partial charge in [-0.2, -0.15) is 0 Å². The number of carbonyl (C=O) groups excluding carboxylic acids is 1. The van der Waals surface area contributed by atoms with Gasteiger partial charge in [0.1, 0.15) is 5.75 Å². The van der Waals surface area contributed by atoms with Crippen LogP contribution in [0.15, 0.2) is 40.9 Å². The van der Waals surface area contributed by atoms with Crippen molar-refractivity contribution in [3.63, 3.8) is 0 Å². The largest absolute Gasteiger partial charge is 0.483 e. The Morgan fingerprint density at radius 3 is 2.44 bits per heavy atom. The Hall–Kier alpha value is -1.89. The van der Waals surface area contributed by atoms with Crippen LogP contribution in [0, 0.1) is 20.8 Å². The molecular formula is C20H18BrClN2O2S. The van der Waals surface area contributed by atoms with Gasteiger partial charge in [0.15, 0.2) is 11.7 Å². The number of thiazole rings is 1. The summed E-state index contributed by atoms with van der Waals surface area (Å²) in [6.07, 6.45) is 0. The van der Waals surface area contributed by atoms with E-state index in [4.69, 9.17) is 16.3 Å². The molecule has 3 aromatic rings. The average Bonchev–Trinajstić information content (AvgIpc) is 2.94. The van der Waals surface area contributed by atoms with Crippen molar-refractivity contribution < 1.29 is 9.53 Å². The van der Waals surface area contributed by atoms with E-state index in [0.29, 0.717) is 10.2 Å². The minimum absolute atomic E-state index is 0.0712. The molecule has 1 heterocycles. The van der Waals surface area contributed by atoms with Crippen LogP contribution in [0.25, 0.3) is 11.3 Å². The number of benzene rings is 2. The molecule has 0 spiro atoms. The molecule has 1 aromatic heterocycles. The van der Waals surface area contributed by atoms with Crippen LogP contribution in [0.5, 0.6) is 5.75 Å². The maximum absolute atomic E-state index is 12.3. The minimum atomic E-state index is -0.242. The Labute approximate surface area is 175 Å². The number of aromatic nitrogens is 1. The van der Waals surface area contributed by atoms with E-state index in [2.05, 4.69) is 26.2 Å². The van der Waals surface area contributed by atoms with Crippen molar-refractivity contribution in [3.8, 4) is 17.0 Å². The number of nitrogens with one attached hydrogen (secondary N) is 1. The fourth-order valence-corrected chi connectivity index (χ4v) is 4.41. The van der Waals surface area contributed by atoms with Crippen LogP contribution < -0.4 is 10.1 Å². The molecule has 0 radical (unpaired) electrons. The summed E-state index contributed by atoms with van der Waals surface area (Å²) in [5.74, 6) is 0.485. The summed E-state index contributed by atoms with van der Waals surface area (Å²) in [7, 11) is 0. The monoisotopic (exact) mass is 464 g/mol. The summed E-state index contributed by atoms with van der Waals surface area (Å²) in [5, 5.41) is 4.04. The molecule has 4 nitrogen and oxygen atoms in total. The SMILES string of the molecule is Cc1cc(Br)cc(C)c1OCC(=O)Nc1nc(-c2ccc(Cl)cc2)c(C)s1. The van der Waals surface area contributed by atoms with Gasteiger partial charge in [-0.15, -0.1) is 11.3 Å². The van der Waals surface area contributed by atoms with E-state index in [9.17, 15) is 4.79 Å². The molecule has 140 valence electrons. The molecule has 7 heteroatoms. The first-order valence-electron chi connectivity index (χ1n) is 8.26. The Balaban J connectivity index is 1.67. The number of hydrogen-bond acceptors (Lipinski definition) is 4. The van der Waals surface area contributed by atoms with Gasteiger partial charge in [0, 0.05) is 19.9 Å². The van der Waals surface area contributed by atoms with Crippen LogP contribution in [-0.2, 0) is 4.79 Å². The van der Waals surface area contributed by atoms with E-state index in [1.165, 1.54) is 11.3 Å². The number of halogens is 2. The number of ether oxygens (including phenoxy) is 1. The predicted octanol–water partition coefficient (Wildman–Crippen LogP) is 6.17. The number of aryl methyl sites for hydroxylation is 3. The summed E-state index contributed by atoms with van der Waals surface area (Å²) in [5.41, 5.74) is 3.76. The van der Waals surface area contributed by atoms with Gasteiger partial charge in [0.2, 0.25) is 0 Å². The lowest BCUT2D eigenvalue weighted by Crippen LogP contribution is -2.20. The summed E-state index contributed by atoms with van der Waals surface area (Å²) in [4.78, 5) is 17.8. The highest BCUT2D eigenvalue weighted by molar-refractivity contribution is 9.10. The zero-order chi connectivity index (χ0) is 19.6. The second kappa shape index (κ2) is 8.42. The van der Waals surface area contributed by atoms with Crippen LogP contribution in [0.3, 0.4) is 0 Å². The topological polar surface area (TPSA) is 51.2 Å². The Morgan fingerprint density at radius 2 is 1.81 bits per heavy atom. The summed E-state index contributed by atoms with van der Waals surface area (Å²) >= 11 is 10.8. The highest BCUT2D eigenvalue weighted by atomic mass is 79.9. The van der Waals surface area contributed by atoms with E-state index in [1.807, 2.05) is 57.2 Å². The van der Waals surface area contributed by atoms with E-state index in [-0.39, 0.29) is 12.5 Å². The van der Waals surface area contributed by atoms with Crippen molar-refractivity contribution in [1.82, 2.24) is 4.98 Å². The molecule has 0 aliphatic rings. The first kappa shape index (κ1) is 19.9. The lowest BCUT2D eigenvalue weighted by molar-refractivity contribution is -0.118. The predicted molar refractivity (Wildman–Crippen MR) is 115 cm³/mol. The second-order valence-corrected chi connectivity index (χ2v) is 8.69. The van der Waals surface area contributed by atoms with E-state index < -0.39 is 0 Å². The maximum atomic E-state index is 12.3. The maximum Gasteiger partial charge on any atom is 0.264 e. The smallest absolute Gasteiger partial charge is 0.264 e. The van der Waals surface area contributed by atoms with Crippen LogP contribution in [0.1, 0.15) is 16.0 Å². The summed E-state index contributed by atoms with van der Waals surface area (Å²) in [6.45, 7) is 5.81. The van der Waals surface area contributed by atoms with Gasteiger partial charge in [0.25, 0.3) is 5.91 Å². The molecule has 0 bridgehead atoms. The first-order valence-corrected chi connectivity index (χ1v) is 10.2. The van der Waals surface area contributed by atoms with Crippen molar-refractivity contribution in [1.29, 1.82) is 0 Å². The molecule has 0 aliphatic carbocycles. The van der Waals surface area contributed by atoms with Gasteiger partial charge in [0.05, 0.1) is 5.69 Å². The van der Waals surface area contributed by atoms with Gasteiger partial charge >= 0.3 is 0 Å². The second-order valence-electron chi connectivity index (χ2n) is 6.14. The quantitative estimate of drug-likeness (QED) is 0.490. The first-order chi connectivity index (χ1) is 12.8. The van der Waals surface area contributed by atoms with E-state index >= 15 is 0 Å². The average molecular weight is 466 g/mol. The standard InChI is InChI=1S/C20H18BrClN2O2S/c1-11-8-15(21)9-12(2)19(11)26-10-17(25)23-20-24-18(13(3)27-20)14-4-6-16(22)7-5-14/h4-9H,10H2,1-3H3,(H,23,24,25). The molecule has 1 amide bonds. The minimum Gasteiger partial charge on any atom is -0.483 e. The van der Waals surface area contributed by atoms with Gasteiger partial charge < -0.3 is 4.74 Å².